The quantitative estimate of drug-likeness (QED) is 0.625. The van der Waals surface area contributed by atoms with Crippen molar-refractivity contribution in [3.05, 3.63) is 18.0 Å². The fraction of sp³-hybridized carbons (Fsp3) is 0.500. The number of urea groups is 1. The molecule has 18 heavy (non-hydrogen) atoms. The molecule has 1 atom stereocenters. The first kappa shape index (κ1) is 14.0. The van der Waals surface area contributed by atoms with Crippen molar-refractivity contribution in [1.82, 2.24) is 20.4 Å². The SMILES string of the molecule is COC(CNC(=O)NCc1ccnn1C)C(=O)O. The summed E-state index contributed by atoms with van der Waals surface area (Å²) < 4.78 is 6.31. The highest BCUT2D eigenvalue weighted by Crippen LogP contribution is 1.94. The van der Waals surface area contributed by atoms with E-state index in [4.69, 9.17) is 5.11 Å². The predicted molar refractivity (Wildman–Crippen MR) is 61.9 cm³/mol. The van der Waals surface area contributed by atoms with Gasteiger partial charge in [-0.3, -0.25) is 4.68 Å². The molecule has 1 aromatic heterocycles. The second-order valence-electron chi connectivity index (χ2n) is 3.57. The van der Waals surface area contributed by atoms with Gasteiger partial charge in [0.15, 0.2) is 6.10 Å². The Morgan fingerprint density at radius 2 is 2.28 bits per heavy atom. The van der Waals surface area contributed by atoms with Crippen LogP contribution in [0.15, 0.2) is 12.3 Å². The third-order valence-corrected chi connectivity index (χ3v) is 2.36. The van der Waals surface area contributed by atoms with Crippen LogP contribution in [0.5, 0.6) is 0 Å². The highest BCUT2D eigenvalue weighted by atomic mass is 16.5. The van der Waals surface area contributed by atoms with E-state index in [-0.39, 0.29) is 6.54 Å². The van der Waals surface area contributed by atoms with Gasteiger partial charge in [0.2, 0.25) is 0 Å². The maximum Gasteiger partial charge on any atom is 0.334 e. The van der Waals surface area contributed by atoms with Crippen molar-refractivity contribution in [2.45, 2.75) is 12.6 Å². The van der Waals surface area contributed by atoms with Gasteiger partial charge in [0.25, 0.3) is 0 Å². The number of carboxylic acids is 1. The summed E-state index contributed by atoms with van der Waals surface area (Å²) in [6, 6.07) is 1.31. The molecule has 0 spiro atoms. The van der Waals surface area contributed by atoms with Gasteiger partial charge in [-0.25, -0.2) is 9.59 Å². The molecule has 1 unspecified atom stereocenters. The minimum absolute atomic E-state index is 0.0942. The smallest absolute Gasteiger partial charge is 0.334 e. The first-order valence-electron chi connectivity index (χ1n) is 5.28. The zero-order valence-corrected chi connectivity index (χ0v) is 10.2. The predicted octanol–water partition coefficient (Wildman–Crippen LogP) is -0.681. The molecule has 3 N–H and O–H groups in total. The first-order valence-corrected chi connectivity index (χ1v) is 5.28. The number of nitrogens with zero attached hydrogens (tertiary/aromatic N) is 2. The highest BCUT2D eigenvalue weighted by Gasteiger charge is 2.16. The summed E-state index contributed by atoms with van der Waals surface area (Å²) in [6.07, 6.45) is 0.577. The summed E-state index contributed by atoms with van der Waals surface area (Å²) in [4.78, 5) is 22.0. The third kappa shape index (κ3) is 4.06. The van der Waals surface area contributed by atoms with Gasteiger partial charge in [-0.05, 0) is 6.07 Å². The molecule has 0 radical (unpaired) electrons. The number of carbonyl (C=O) groups is 2. The molecule has 1 aromatic rings. The van der Waals surface area contributed by atoms with Crippen LogP contribution in [0.25, 0.3) is 0 Å². The van der Waals surface area contributed by atoms with Gasteiger partial charge >= 0.3 is 12.0 Å². The van der Waals surface area contributed by atoms with E-state index in [0.29, 0.717) is 6.54 Å². The molecule has 0 aliphatic rings. The lowest BCUT2D eigenvalue weighted by molar-refractivity contribution is -0.147. The lowest BCUT2D eigenvalue weighted by Crippen LogP contribution is -2.42. The standard InChI is InChI=1S/C10H16N4O4/c1-14-7(3-4-13-14)5-11-10(17)12-6-8(18-2)9(15)16/h3-4,8H,5-6H2,1-2H3,(H,15,16)(H2,11,12,17). The molecule has 0 aliphatic heterocycles. The number of hydrogen-bond acceptors (Lipinski definition) is 4. The molecular weight excluding hydrogens is 240 g/mol. The molecule has 1 rings (SSSR count). The van der Waals surface area contributed by atoms with Gasteiger partial charge in [0.05, 0.1) is 18.8 Å². The van der Waals surface area contributed by atoms with E-state index in [1.807, 2.05) is 0 Å². The number of carboxylic acid groups (broad SMARTS) is 1. The Labute approximate surface area is 104 Å². The number of aromatic nitrogens is 2. The second kappa shape index (κ2) is 6.60. The lowest BCUT2D eigenvalue weighted by atomic mass is 10.3. The number of rotatable bonds is 6. The number of aliphatic carboxylic acids is 1. The van der Waals surface area contributed by atoms with Crippen LogP contribution in [0.3, 0.4) is 0 Å². The van der Waals surface area contributed by atoms with E-state index < -0.39 is 18.1 Å². The molecule has 0 fully saturated rings. The van der Waals surface area contributed by atoms with Crippen LogP contribution in [0.2, 0.25) is 0 Å². The topological polar surface area (TPSA) is 105 Å². The number of methoxy groups -OCH3 is 1. The van der Waals surface area contributed by atoms with Crippen molar-refractivity contribution < 1.29 is 19.4 Å². The third-order valence-electron chi connectivity index (χ3n) is 2.36. The molecule has 2 amide bonds. The number of carbonyl (C=O) groups excluding carboxylic acids is 1. The van der Waals surface area contributed by atoms with Crippen LogP contribution in [0.1, 0.15) is 5.69 Å². The lowest BCUT2D eigenvalue weighted by Gasteiger charge is -2.12. The zero-order valence-electron chi connectivity index (χ0n) is 10.2. The molecule has 8 heteroatoms. The van der Waals surface area contributed by atoms with Gasteiger partial charge in [-0.1, -0.05) is 0 Å². The highest BCUT2D eigenvalue weighted by molar-refractivity contribution is 5.76. The summed E-state index contributed by atoms with van der Waals surface area (Å²) >= 11 is 0. The molecule has 0 saturated carbocycles. The number of aryl methyl sites for hydroxylation is 1. The van der Waals surface area contributed by atoms with Crippen LogP contribution in [0, 0.1) is 0 Å². The van der Waals surface area contributed by atoms with E-state index >= 15 is 0 Å². The molecule has 0 aromatic carbocycles. The molecule has 1 heterocycles. The Morgan fingerprint density at radius 1 is 1.56 bits per heavy atom. The number of ether oxygens (including phenoxy) is 1. The Kier molecular flexibility index (Phi) is 5.12. The largest absolute Gasteiger partial charge is 0.479 e. The summed E-state index contributed by atoms with van der Waals surface area (Å²) in [7, 11) is 3.04. The monoisotopic (exact) mass is 256 g/mol. The van der Waals surface area contributed by atoms with Gasteiger partial charge in [0, 0.05) is 20.4 Å². The summed E-state index contributed by atoms with van der Waals surface area (Å²) in [5, 5.41) is 17.6. The van der Waals surface area contributed by atoms with Crippen molar-refractivity contribution in [2.24, 2.45) is 7.05 Å². The van der Waals surface area contributed by atoms with Gasteiger partial charge in [-0.15, -0.1) is 0 Å². The molecule has 0 saturated heterocycles. The number of nitrogens with one attached hydrogen (secondary N) is 2. The summed E-state index contributed by atoms with van der Waals surface area (Å²) in [5.74, 6) is -1.12. The summed E-state index contributed by atoms with van der Waals surface area (Å²) in [5.41, 5.74) is 0.840. The maximum absolute atomic E-state index is 11.4. The van der Waals surface area contributed by atoms with Crippen molar-refractivity contribution >= 4 is 12.0 Å². The fourth-order valence-electron chi connectivity index (χ4n) is 1.26. The van der Waals surface area contributed by atoms with Crippen LogP contribution in [0.4, 0.5) is 4.79 Å². The Morgan fingerprint density at radius 3 is 2.78 bits per heavy atom. The Balaban J connectivity index is 2.30. The fourth-order valence-corrected chi connectivity index (χ4v) is 1.26. The maximum atomic E-state index is 11.4. The average Bonchev–Trinajstić information content (AvgIpc) is 2.72. The normalized spacial score (nSPS) is 11.9. The molecular formula is C10H16N4O4. The van der Waals surface area contributed by atoms with Crippen molar-refractivity contribution in [3.63, 3.8) is 0 Å². The first-order chi connectivity index (χ1) is 8.54. The summed E-state index contributed by atoms with van der Waals surface area (Å²) in [6.45, 7) is 0.218. The van der Waals surface area contributed by atoms with E-state index in [0.717, 1.165) is 5.69 Å². The van der Waals surface area contributed by atoms with Crippen LogP contribution < -0.4 is 10.6 Å². The van der Waals surface area contributed by atoms with Gasteiger partial charge < -0.3 is 20.5 Å². The molecule has 0 aliphatic carbocycles. The Bertz CT molecular complexity index is 418. The van der Waals surface area contributed by atoms with Crippen molar-refractivity contribution in [1.29, 1.82) is 0 Å². The minimum atomic E-state index is -1.12. The van der Waals surface area contributed by atoms with Crippen LogP contribution in [-0.2, 0) is 23.1 Å². The molecule has 8 nitrogen and oxygen atoms in total. The zero-order chi connectivity index (χ0) is 13.5. The van der Waals surface area contributed by atoms with Crippen molar-refractivity contribution in [3.8, 4) is 0 Å². The van der Waals surface area contributed by atoms with Crippen LogP contribution in [-0.4, -0.2) is 46.6 Å². The molecule has 0 bridgehead atoms. The van der Waals surface area contributed by atoms with Crippen LogP contribution >= 0.6 is 0 Å². The number of hydrogen-bond donors (Lipinski definition) is 3. The minimum Gasteiger partial charge on any atom is -0.479 e. The van der Waals surface area contributed by atoms with E-state index in [1.54, 1.807) is 24.0 Å². The molecule has 100 valence electrons. The second-order valence-corrected chi connectivity index (χ2v) is 3.57. The number of amides is 2. The Hall–Kier alpha value is -2.09. The van der Waals surface area contributed by atoms with Gasteiger partial charge in [0.1, 0.15) is 0 Å². The van der Waals surface area contributed by atoms with Crippen molar-refractivity contribution in [2.75, 3.05) is 13.7 Å². The van der Waals surface area contributed by atoms with E-state index in [1.165, 1.54) is 7.11 Å². The van der Waals surface area contributed by atoms with E-state index in [2.05, 4.69) is 20.5 Å². The average molecular weight is 256 g/mol. The van der Waals surface area contributed by atoms with Gasteiger partial charge in [-0.2, -0.15) is 5.10 Å². The van der Waals surface area contributed by atoms with E-state index in [9.17, 15) is 9.59 Å².